The zero-order valence-electron chi connectivity index (χ0n) is 12.0. The zero-order valence-corrected chi connectivity index (χ0v) is 12.0. The molecule has 1 aliphatic rings. The summed E-state index contributed by atoms with van der Waals surface area (Å²) in [4.78, 5) is 0. The Morgan fingerprint density at radius 1 is 0.722 bits per heavy atom. The highest BCUT2D eigenvalue weighted by molar-refractivity contribution is 4.70. The van der Waals surface area contributed by atoms with Crippen LogP contribution in [0.25, 0.3) is 0 Å². The maximum absolute atomic E-state index is 8.79. The molecule has 3 N–H and O–H groups in total. The van der Waals surface area contributed by atoms with Crippen LogP contribution in [0.5, 0.6) is 0 Å². The van der Waals surface area contributed by atoms with E-state index in [0.29, 0.717) is 31.7 Å². The topological polar surface area (TPSA) is 60.7 Å². The largest absolute Gasteiger partial charge is 0.396 e. The van der Waals surface area contributed by atoms with Crippen LogP contribution < -0.4 is 0 Å². The summed E-state index contributed by atoms with van der Waals surface area (Å²) in [5, 5.41) is 25.9. The molecule has 1 saturated carbocycles. The van der Waals surface area contributed by atoms with Crippen molar-refractivity contribution in [1.29, 1.82) is 0 Å². The molecule has 0 aromatic carbocycles. The average Bonchev–Trinajstić information content (AvgIpc) is 2.44. The van der Waals surface area contributed by atoms with E-state index in [1.54, 1.807) is 0 Å². The second-order valence-corrected chi connectivity index (χ2v) is 5.39. The highest BCUT2D eigenvalue weighted by atomic mass is 16.3. The lowest BCUT2D eigenvalue weighted by Crippen LogP contribution is -2.19. The van der Waals surface area contributed by atoms with Crippen molar-refractivity contribution < 1.29 is 15.3 Å². The molecule has 1 aliphatic carbocycles. The number of unbranched alkanes of at least 4 members (excludes halogenated alkanes) is 4. The lowest BCUT2D eigenvalue weighted by atomic mass is 9.83. The Morgan fingerprint density at radius 3 is 1.50 bits per heavy atom. The standard InChI is InChI=1S/C8H16O2.C7H16O/c9-5-7-1-2-8(6-10)4-3-7;1-2-3-4-5-6-7-8/h7-10H,1-6H2;8H,2-7H2,1H3. The van der Waals surface area contributed by atoms with E-state index in [2.05, 4.69) is 6.92 Å². The van der Waals surface area contributed by atoms with Crippen LogP contribution in [0.15, 0.2) is 0 Å². The zero-order chi connectivity index (χ0) is 13.6. The first-order chi connectivity index (χ1) is 8.78. The molecule has 0 aliphatic heterocycles. The number of aliphatic hydroxyl groups is 3. The van der Waals surface area contributed by atoms with Gasteiger partial charge < -0.3 is 15.3 Å². The number of aliphatic hydroxyl groups excluding tert-OH is 3. The fourth-order valence-corrected chi connectivity index (χ4v) is 2.31. The molecule has 110 valence electrons. The highest BCUT2D eigenvalue weighted by Gasteiger charge is 2.19. The van der Waals surface area contributed by atoms with Gasteiger partial charge in [-0.15, -0.1) is 0 Å². The molecule has 0 heterocycles. The van der Waals surface area contributed by atoms with Crippen LogP contribution in [0.2, 0.25) is 0 Å². The maximum Gasteiger partial charge on any atom is 0.0459 e. The van der Waals surface area contributed by atoms with E-state index in [4.69, 9.17) is 15.3 Å². The van der Waals surface area contributed by atoms with Crippen molar-refractivity contribution in [2.24, 2.45) is 11.8 Å². The van der Waals surface area contributed by atoms with Crippen molar-refractivity contribution in [2.45, 2.75) is 64.7 Å². The van der Waals surface area contributed by atoms with E-state index in [1.165, 1.54) is 25.7 Å². The summed E-state index contributed by atoms with van der Waals surface area (Å²) in [6.07, 6.45) is 10.5. The van der Waals surface area contributed by atoms with E-state index in [-0.39, 0.29) is 0 Å². The summed E-state index contributed by atoms with van der Waals surface area (Å²) < 4.78 is 0. The van der Waals surface area contributed by atoms with Gasteiger partial charge in [0.2, 0.25) is 0 Å². The molecule has 1 rings (SSSR count). The van der Waals surface area contributed by atoms with E-state index in [9.17, 15) is 0 Å². The average molecular weight is 260 g/mol. The molecular formula is C15H32O3. The summed E-state index contributed by atoms with van der Waals surface area (Å²) in [6, 6.07) is 0. The number of rotatable bonds is 7. The first kappa shape index (κ1) is 17.9. The molecule has 0 spiro atoms. The monoisotopic (exact) mass is 260 g/mol. The predicted octanol–water partition coefficient (Wildman–Crippen LogP) is 2.73. The molecule has 1 fully saturated rings. The Labute approximate surface area is 112 Å². The normalized spacial score (nSPS) is 23.3. The SMILES string of the molecule is CCCCCCCO.OCC1CCC(CO)CC1. The summed E-state index contributed by atoms with van der Waals surface area (Å²) in [5.74, 6) is 1.03. The van der Waals surface area contributed by atoms with Crippen LogP contribution in [0.1, 0.15) is 64.7 Å². The van der Waals surface area contributed by atoms with Crippen LogP contribution in [-0.2, 0) is 0 Å². The van der Waals surface area contributed by atoms with Gasteiger partial charge in [0.1, 0.15) is 0 Å². The second-order valence-electron chi connectivity index (χ2n) is 5.39. The van der Waals surface area contributed by atoms with Crippen LogP contribution in [-0.4, -0.2) is 35.1 Å². The van der Waals surface area contributed by atoms with Gasteiger partial charge in [-0.25, -0.2) is 0 Å². The van der Waals surface area contributed by atoms with Crippen molar-refractivity contribution in [3.05, 3.63) is 0 Å². The minimum Gasteiger partial charge on any atom is -0.396 e. The third-order valence-corrected chi connectivity index (χ3v) is 3.74. The minimum absolute atomic E-state index is 0.331. The molecule has 0 amide bonds. The van der Waals surface area contributed by atoms with Gasteiger partial charge in [0, 0.05) is 19.8 Å². The molecule has 0 aromatic rings. The van der Waals surface area contributed by atoms with Crippen LogP contribution in [0.3, 0.4) is 0 Å². The highest BCUT2D eigenvalue weighted by Crippen LogP contribution is 2.27. The first-order valence-electron chi connectivity index (χ1n) is 7.61. The summed E-state index contributed by atoms with van der Waals surface area (Å²) in [6.45, 7) is 3.22. The van der Waals surface area contributed by atoms with Gasteiger partial charge in [0.15, 0.2) is 0 Å². The third kappa shape index (κ3) is 9.86. The Kier molecular flexibility index (Phi) is 13.2. The Bertz CT molecular complexity index is 136. The van der Waals surface area contributed by atoms with E-state index in [0.717, 1.165) is 32.1 Å². The molecule has 0 atom stereocenters. The van der Waals surface area contributed by atoms with E-state index in [1.807, 2.05) is 0 Å². The Morgan fingerprint density at radius 2 is 1.17 bits per heavy atom. The predicted molar refractivity (Wildman–Crippen MR) is 75.5 cm³/mol. The molecule has 0 unspecified atom stereocenters. The fraction of sp³-hybridized carbons (Fsp3) is 1.00. The molecule has 18 heavy (non-hydrogen) atoms. The second kappa shape index (κ2) is 13.3. The van der Waals surface area contributed by atoms with Crippen LogP contribution >= 0.6 is 0 Å². The van der Waals surface area contributed by atoms with Gasteiger partial charge in [0.25, 0.3) is 0 Å². The summed E-state index contributed by atoms with van der Waals surface area (Å²) in [5.41, 5.74) is 0. The van der Waals surface area contributed by atoms with Gasteiger partial charge in [-0.1, -0.05) is 32.6 Å². The van der Waals surface area contributed by atoms with Crippen LogP contribution in [0, 0.1) is 11.8 Å². The van der Waals surface area contributed by atoms with Crippen molar-refractivity contribution in [1.82, 2.24) is 0 Å². The van der Waals surface area contributed by atoms with Gasteiger partial charge in [-0.05, 0) is 43.9 Å². The lowest BCUT2D eigenvalue weighted by Gasteiger charge is -2.25. The molecule has 0 bridgehead atoms. The molecule has 0 aromatic heterocycles. The van der Waals surface area contributed by atoms with Crippen molar-refractivity contribution in [2.75, 3.05) is 19.8 Å². The van der Waals surface area contributed by atoms with Crippen molar-refractivity contribution in [3.63, 3.8) is 0 Å². The van der Waals surface area contributed by atoms with E-state index >= 15 is 0 Å². The van der Waals surface area contributed by atoms with Crippen LogP contribution in [0.4, 0.5) is 0 Å². The molecule has 0 saturated heterocycles. The lowest BCUT2D eigenvalue weighted by molar-refractivity contribution is 0.131. The quantitative estimate of drug-likeness (QED) is 0.617. The Hall–Kier alpha value is -0.120. The van der Waals surface area contributed by atoms with Crippen molar-refractivity contribution >= 4 is 0 Å². The minimum atomic E-state index is 0.331. The van der Waals surface area contributed by atoms with E-state index < -0.39 is 0 Å². The van der Waals surface area contributed by atoms with Gasteiger partial charge in [-0.2, -0.15) is 0 Å². The number of hydrogen-bond acceptors (Lipinski definition) is 3. The first-order valence-corrected chi connectivity index (χ1v) is 7.61. The molecular weight excluding hydrogens is 228 g/mol. The summed E-state index contributed by atoms with van der Waals surface area (Å²) >= 11 is 0. The smallest absolute Gasteiger partial charge is 0.0459 e. The molecule has 3 nitrogen and oxygen atoms in total. The third-order valence-electron chi connectivity index (χ3n) is 3.74. The van der Waals surface area contributed by atoms with Gasteiger partial charge >= 0.3 is 0 Å². The molecule has 0 radical (unpaired) electrons. The van der Waals surface area contributed by atoms with Gasteiger partial charge in [0.05, 0.1) is 0 Å². The van der Waals surface area contributed by atoms with Gasteiger partial charge in [-0.3, -0.25) is 0 Å². The fourth-order valence-electron chi connectivity index (χ4n) is 2.31. The molecule has 3 heteroatoms. The Balaban J connectivity index is 0.000000331. The number of hydrogen-bond donors (Lipinski definition) is 3. The summed E-state index contributed by atoms with van der Waals surface area (Å²) in [7, 11) is 0. The van der Waals surface area contributed by atoms with Crippen molar-refractivity contribution in [3.8, 4) is 0 Å². The maximum atomic E-state index is 8.79.